The molecule has 7 aromatic rings. The number of benzene rings is 4. The third kappa shape index (κ3) is 10.2. The Hall–Kier alpha value is -6.97. The summed E-state index contributed by atoms with van der Waals surface area (Å²) < 4.78 is 9.59. The first kappa shape index (κ1) is 48.3. The number of pyridine rings is 1. The highest BCUT2D eigenvalue weighted by molar-refractivity contribution is 7.22. The molecule has 14 nitrogen and oxygen atoms in total. The van der Waals surface area contributed by atoms with E-state index in [1.54, 1.807) is 0 Å². The minimum absolute atomic E-state index is 0.0166. The molecule has 11 rings (SSSR count). The van der Waals surface area contributed by atoms with Crippen molar-refractivity contribution in [3.05, 3.63) is 130 Å². The monoisotopic (exact) mass is 998 g/mol. The predicted octanol–water partition coefficient (Wildman–Crippen LogP) is 10.6. The summed E-state index contributed by atoms with van der Waals surface area (Å²) in [5.41, 5.74) is 8.74. The van der Waals surface area contributed by atoms with Crippen molar-refractivity contribution in [2.24, 2.45) is 13.0 Å². The molecule has 1 aliphatic carbocycles. The highest BCUT2D eigenvalue weighted by Crippen LogP contribution is 2.39. The number of nitrogens with one attached hydrogen (secondary N) is 2. The van der Waals surface area contributed by atoms with E-state index in [1.807, 2.05) is 85.4 Å². The molecule has 3 N–H and O–H groups in total. The number of amides is 3. The Balaban J connectivity index is 0.666. The molecule has 2 atom stereocenters. The molecule has 73 heavy (non-hydrogen) atoms. The van der Waals surface area contributed by atoms with Gasteiger partial charge in [0.2, 0.25) is 11.8 Å². The first-order valence-corrected chi connectivity index (χ1v) is 26.9. The summed E-state index contributed by atoms with van der Waals surface area (Å²) in [5, 5.41) is 22.3. The van der Waals surface area contributed by atoms with Gasteiger partial charge in [-0.05, 0) is 160 Å². The highest BCUT2D eigenvalue weighted by atomic mass is 32.1. The maximum Gasteiger partial charge on any atom is 0.355 e. The lowest BCUT2D eigenvalue weighted by atomic mass is 9.84. The Kier molecular flexibility index (Phi) is 13.8. The van der Waals surface area contributed by atoms with Crippen LogP contribution in [0.5, 0.6) is 5.75 Å². The fourth-order valence-electron chi connectivity index (χ4n) is 11.9. The second kappa shape index (κ2) is 20.9. The number of unbranched alkanes of at least 4 members (excludes halogenated alkanes) is 1. The fourth-order valence-corrected chi connectivity index (χ4v) is 12.8. The van der Waals surface area contributed by atoms with Crippen LogP contribution < -0.4 is 20.3 Å². The number of aryl methyl sites for hydroxylation is 1. The fraction of sp³-hybridized carbons (Fsp3) is 0.397. The molecule has 0 bridgehead atoms. The molecule has 3 aliphatic heterocycles. The minimum Gasteiger partial charge on any atom is -0.490 e. The third-order valence-electron chi connectivity index (χ3n) is 15.9. The van der Waals surface area contributed by atoms with Crippen LogP contribution in [0.1, 0.15) is 131 Å². The van der Waals surface area contributed by atoms with Crippen molar-refractivity contribution in [1.29, 1.82) is 0 Å². The zero-order chi connectivity index (χ0) is 50.2. The van der Waals surface area contributed by atoms with Crippen LogP contribution in [0, 0.1) is 12.8 Å². The second-order valence-corrected chi connectivity index (χ2v) is 21.6. The van der Waals surface area contributed by atoms with Gasteiger partial charge in [-0.25, -0.2) is 14.8 Å². The van der Waals surface area contributed by atoms with Crippen molar-refractivity contribution < 1.29 is 29.0 Å². The third-order valence-corrected chi connectivity index (χ3v) is 16.8. The number of hydrogen-bond donors (Lipinski definition) is 3. The Morgan fingerprint density at radius 1 is 0.877 bits per heavy atom. The Labute approximate surface area is 429 Å². The number of nitrogens with zero attached hydrogens (tertiary/aromatic N) is 6. The van der Waals surface area contributed by atoms with Crippen molar-refractivity contribution >= 4 is 67.1 Å². The summed E-state index contributed by atoms with van der Waals surface area (Å²) in [4.78, 5) is 65.0. The van der Waals surface area contributed by atoms with Crippen molar-refractivity contribution in [1.82, 2.24) is 30.0 Å². The van der Waals surface area contributed by atoms with Crippen LogP contribution in [0.2, 0.25) is 0 Å². The van der Waals surface area contributed by atoms with Gasteiger partial charge >= 0.3 is 5.97 Å². The lowest BCUT2D eigenvalue weighted by Gasteiger charge is -2.33. The molecule has 2 saturated heterocycles. The number of carbonyl (C=O) groups excluding carboxylic acids is 3. The number of aromatic carboxylic acids is 1. The molecule has 1 saturated carbocycles. The molecule has 15 heteroatoms. The number of carbonyl (C=O) groups is 4. The van der Waals surface area contributed by atoms with Crippen LogP contribution in [-0.2, 0) is 29.6 Å². The number of anilines is 2. The molecule has 4 aliphatic rings. The van der Waals surface area contributed by atoms with E-state index >= 15 is 0 Å². The Morgan fingerprint density at radius 2 is 1.73 bits per heavy atom. The van der Waals surface area contributed by atoms with Crippen LogP contribution in [0.25, 0.3) is 32.2 Å². The number of likely N-dealkylation sites (tertiary alicyclic amines) is 1. The smallest absolute Gasteiger partial charge is 0.355 e. The first-order chi connectivity index (χ1) is 35.5. The number of thiazole rings is 1. The van der Waals surface area contributed by atoms with Crippen molar-refractivity contribution in [2.45, 2.75) is 108 Å². The van der Waals surface area contributed by atoms with Crippen molar-refractivity contribution in [3.63, 3.8) is 0 Å². The average Bonchev–Trinajstić information content (AvgIpc) is 3.97. The number of para-hydroxylation sites is 1. The molecule has 3 aromatic heterocycles. The minimum atomic E-state index is -1.10. The molecule has 376 valence electrons. The number of rotatable bonds is 14. The number of carboxylic acids is 1. The van der Waals surface area contributed by atoms with Crippen LogP contribution in [-0.4, -0.2) is 85.7 Å². The SMILES string of the molecule is Cc1c(O[C@H]2CC[C@H](CCCCN3CCCC(c4ccc5c(C6CCC(=O)NC6=O)nn(C)c5c4)C3)CC2)cccc1-c1ccc(N2CCc3cccc(C(=O)Nc4nc5ccccc5s4)c3C2)nc1C(=O)O. The van der Waals surface area contributed by atoms with Gasteiger partial charge in [-0.15, -0.1) is 0 Å². The molecule has 0 radical (unpaired) electrons. The Bertz CT molecular complexity index is 3220. The quantitative estimate of drug-likeness (QED) is 0.0699. The maximum absolute atomic E-state index is 13.7. The lowest BCUT2D eigenvalue weighted by molar-refractivity contribution is -0.134. The number of piperidine rings is 2. The summed E-state index contributed by atoms with van der Waals surface area (Å²) in [7, 11) is 1.94. The highest BCUT2D eigenvalue weighted by Gasteiger charge is 2.33. The van der Waals surface area contributed by atoms with E-state index in [4.69, 9.17) is 14.8 Å². The maximum atomic E-state index is 13.7. The number of carboxylic acid groups (broad SMARTS) is 1. The number of fused-ring (bicyclic) bond motifs is 3. The number of hydrogen-bond acceptors (Lipinski definition) is 11. The van der Waals surface area contributed by atoms with Crippen LogP contribution in [0.15, 0.2) is 91.0 Å². The van der Waals surface area contributed by atoms with E-state index in [0.29, 0.717) is 66.3 Å². The summed E-state index contributed by atoms with van der Waals surface area (Å²) in [6.45, 7) is 6.36. The van der Waals surface area contributed by atoms with Gasteiger partial charge in [0, 0.05) is 49.6 Å². The van der Waals surface area contributed by atoms with Gasteiger partial charge in [0.15, 0.2) is 10.8 Å². The predicted molar refractivity (Wildman–Crippen MR) is 285 cm³/mol. The standard InChI is InChI=1S/C58H62N8O6S/c1-35-41(42-24-26-51(60-54(42)57(70)71)66-31-28-37-11-7-14-43(46(37)34-66)55(68)62-58-59-47-15-3-4-17-50(47)73-58)13-8-16-49(35)72-40-21-18-36(19-22-40)10-5-6-29-65-30-9-12-39(33-65)38-20-23-44-48(32-38)64(2)63-53(44)45-25-27-52(67)61-56(45)69/h3-4,7-8,11,13-17,20,23-24,26,32,36,39-40,45H,5-6,9-10,12,18-19,21-22,25,27-31,33-34H2,1-2H3,(H,70,71)(H,59,62,68)(H,61,67,69)/t36-,39?,40-,45?. The Morgan fingerprint density at radius 3 is 2.56 bits per heavy atom. The summed E-state index contributed by atoms with van der Waals surface area (Å²) in [6, 6.07) is 29.8. The summed E-state index contributed by atoms with van der Waals surface area (Å²) in [6.07, 6.45) is 11.9. The zero-order valence-electron chi connectivity index (χ0n) is 41.6. The zero-order valence-corrected chi connectivity index (χ0v) is 42.4. The molecule has 6 heterocycles. The average molecular weight is 999 g/mol. The summed E-state index contributed by atoms with van der Waals surface area (Å²) >= 11 is 1.44. The largest absolute Gasteiger partial charge is 0.490 e. The lowest BCUT2D eigenvalue weighted by Crippen LogP contribution is -2.39. The van der Waals surface area contributed by atoms with E-state index in [0.717, 1.165) is 107 Å². The van der Waals surface area contributed by atoms with Gasteiger partial charge in [0.1, 0.15) is 11.6 Å². The van der Waals surface area contributed by atoms with E-state index in [9.17, 15) is 24.3 Å². The molecule has 4 aromatic carbocycles. The number of aromatic nitrogens is 4. The molecule has 0 spiro atoms. The second-order valence-electron chi connectivity index (χ2n) is 20.5. The van der Waals surface area contributed by atoms with Gasteiger partial charge in [-0.2, -0.15) is 5.10 Å². The van der Waals surface area contributed by atoms with Crippen LogP contribution in [0.3, 0.4) is 0 Å². The summed E-state index contributed by atoms with van der Waals surface area (Å²) in [5.74, 6) is 0.305. The van der Waals surface area contributed by atoms with E-state index in [1.165, 1.54) is 42.6 Å². The van der Waals surface area contributed by atoms with Gasteiger partial charge in [0.25, 0.3) is 5.91 Å². The first-order valence-electron chi connectivity index (χ1n) is 26.1. The van der Waals surface area contributed by atoms with Crippen molar-refractivity contribution in [3.8, 4) is 16.9 Å². The molecule has 3 fully saturated rings. The van der Waals surface area contributed by atoms with Gasteiger partial charge in [-0.3, -0.25) is 29.7 Å². The van der Waals surface area contributed by atoms with Crippen molar-refractivity contribution in [2.75, 3.05) is 36.4 Å². The van der Waals surface area contributed by atoms with E-state index < -0.39 is 11.9 Å². The van der Waals surface area contributed by atoms with Crippen LogP contribution in [0.4, 0.5) is 10.9 Å². The molecular weight excluding hydrogens is 937 g/mol. The number of ether oxygens (including phenoxy) is 1. The molecule has 2 unspecified atom stereocenters. The van der Waals surface area contributed by atoms with Crippen LogP contribution >= 0.6 is 11.3 Å². The van der Waals surface area contributed by atoms with Gasteiger partial charge in [0.05, 0.1) is 33.4 Å². The normalized spacial score (nSPS) is 20.5. The topological polar surface area (TPSA) is 172 Å². The molecular formula is C58H62N8O6S. The van der Waals surface area contributed by atoms with E-state index in [-0.39, 0.29) is 29.5 Å². The van der Waals surface area contributed by atoms with E-state index in [2.05, 4.69) is 49.7 Å². The molecule has 3 amide bonds. The van der Waals surface area contributed by atoms with Gasteiger partial charge in [-0.1, -0.05) is 72.7 Å². The van der Waals surface area contributed by atoms with Gasteiger partial charge < -0.3 is 19.6 Å². The number of imide groups is 1.